The van der Waals surface area contributed by atoms with Crippen molar-refractivity contribution in [1.82, 2.24) is 10.3 Å². The number of aromatic nitrogens is 1. The molecule has 1 aromatic rings. The van der Waals surface area contributed by atoms with E-state index in [0.717, 1.165) is 5.69 Å². The smallest absolute Gasteiger partial charge is 0.226 e. The molecule has 3 nitrogen and oxygen atoms in total. The summed E-state index contributed by atoms with van der Waals surface area (Å²) in [6.07, 6.45) is 4.15. The van der Waals surface area contributed by atoms with Crippen molar-refractivity contribution in [3.8, 4) is 0 Å². The first-order valence-corrected chi connectivity index (χ1v) is 5.35. The van der Waals surface area contributed by atoms with Crippen molar-refractivity contribution in [2.75, 3.05) is 0 Å². The molecule has 0 fully saturated rings. The highest BCUT2D eigenvalue weighted by Gasteiger charge is 2.25. The van der Waals surface area contributed by atoms with Crippen molar-refractivity contribution in [1.29, 1.82) is 0 Å². The number of pyridine rings is 1. The third kappa shape index (κ3) is 3.50. The first-order valence-electron chi connectivity index (χ1n) is 5.35. The number of nitrogens with zero attached hydrogens (tertiary/aromatic N) is 1. The fraction of sp³-hybridized carbons (Fsp3) is 0.385. The van der Waals surface area contributed by atoms with Crippen LogP contribution in [0.1, 0.15) is 26.0 Å². The largest absolute Gasteiger partial charge is 0.350 e. The summed E-state index contributed by atoms with van der Waals surface area (Å²) in [5, 5.41) is 2.87. The molecule has 1 aromatic heterocycles. The summed E-state index contributed by atoms with van der Waals surface area (Å²) in [6.45, 7) is 7.94. The molecular formula is C13H18N2O. The van der Waals surface area contributed by atoms with Gasteiger partial charge in [0.1, 0.15) is 0 Å². The molecule has 0 atom stereocenters. The highest BCUT2D eigenvalue weighted by atomic mass is 16.2. The zero-order valence-corrected chi connectivity index (χ0v) is 9.86. The standard InChI is InChI=1S/C13H18N2O/c1-4-8-13(2,3)12(16)15-10-11-7-5-6-9-14-11/h4-7,9H,1,8,10H2,2-3H3,(H,15,16). The summed E-state index contributed by atoms with van der Waals surface area (Å²) in [5.74, 6) is 0.0260. The Morgan fingerprint density at radius 2 is 2.31 bits per heavy atom. The molecule has 0 spiro atoms. The van der Waals surface area contributed by atoms with Gasteiger partial charge in [0.15, 0.2) is 0 Å². The molecule has 86 valence electrons. The molecule has 0 radical (unpaired) electrons. The Bertz CT molecular complexity index is 357. The molecule has 0 unspecified atom stereocenters. The van der Waals surface area contributed by atoms with Gasteiger partial charge in [0.25, 0.3) is 0 Å². The maximum Gasteiger partial charge on any atom is 0.226 e. The zero-order chi connectivity index (χ0) is 12.0. The van der Waals surface area contributed by atoms with Crippen molar-refractivity contribution in [2.24, 2.45) is 5.41 Å². The Kier molecular flexibility index (Phi) is 4.23. The predicted molar refractivity (Wildman–Crippen MR) is 64.7 cm³/mol. The average molecular weight is 218 g/mol. The molecule has 0 bridgehead atoms. The van der Waals surface area contributed by atoms with Crippen LogP contribution in [-0.2, 0) is 11.3 Å². The normalized spacial score (nSPS) is 10.9. The third-order valence-electron chi connectivity index (χ3n) is 2.43. The van der Waals surface area contributed by atoms with Crippen LogP contribution in [0.3, 0.4) is 0 Å². The van der Waals surface area contributed by atoms with Gasteiger partial charge >= 0.3 is 0 Å². The number of carbonyl (C=O) groups excluding carboxylic acids is 1. The van der Waals surface area contributed by atoms with Crippen molar-refractivity contribution in [3.05, 3.63) is 42.7 Å². The lowest BCUT2D eigenvalue weighted by molar-refractivity contribution is -0.129. The molecule has 3 heteroatoms. The molecule has 0 saturated carbocycles. The van der Waals surface area contributed by atoms with E-state index < -0.39 is 5.41 Å². The molecule has 0 aliphatic carbocycles. The minimum absolute atomic E-state index is 0.0260. The lowest BCUT2D eigenvalue weighted by Crippen LogP contribution is -2.36. The molecule has 1 N–H and O–H groups in total. The summed E-state index contributed by atoms with van der Waals surface area (Å²) in [5.41, 5.74) is 0.460. The Hall–Kier alpha value is -1.64. The molecule has 1 rings (SSSR count). The van der Waals surface area contributed by atoms with Gasteiger partial charge in [-0.2, -0.15) is 0 Å². The summed E-state index contributed by atoms with van der Waals surface area (Å²) in [4.78, 5) is 16.0. The van der Waals surface area contributed by atoms with Crippen LogP contribution in [-0.4, -0.2) is 10.9 Å². The Morgan fingerprint density at radius 1 is 1.56 bits per heavy atom. The second-order valence-corrected chi connectivity index (χ2v) is 4.38. The van der Waals surface area contributed by atoms with Gasteiger partial charge in [-0.15, -0.1) is 6.58 Å². The lowest BCUT2D eigenvalue weighted by Gasteiger charge is -2.21. The lowest BCUT2D eigenvalue weighted by atomic mass is 9.88. The topological polar surface area (TPSA) is 42.0 Å². The Labute approximate surface area is 96.6 Å². The van der Waals surface area contributed by atoms with Crippen molar-refractivity contribution in [3.63, 3.8) is 0 Å². The zero-order valence-electron chi connectivity index (χ0n) is 9.86. The number of amides is 1. The second kappa shape index (κ2) is 5.45. The van der Waals surface area contributed by atoms with Gasteiger partial charge in [0.2, 0.25) is 5.91 Å². The summed E-state index contributed by atoms with van der Waals surface area (Å²) in [6, 6.07) is 5.65. The van der Waals surface area contributed by atoms with Gasteiger partial charge in [-0.3, -0.25) is 9.78 Å². The molecule has 0 saturated heterocycles. The van der Waals surface area contributed by atoms with Gasteiger partial charge in [-0.1, -0.05) is 26.0 Å². The number of hydrogen-bond donors (Lipinski definition) is 1. The van der Waals surface area contributed by atoms with Gasteiger partial charge in [-0.25, -0.2) is 0 Å². The van der Waals surface area contributed by atoms with E-state index in [0.29, 0.717) is 13.0 Å². The van der Waals surface area contributed by atoms with Gasteiger partial charge < -0.3 is 5.32 Å². The quantitative estimate of drug-likeness (QED) is 0.770. The van der Waals surface area contributed by atoms with Crippen molar-refractivity contribution < 1.29 is 4.79 Å². The van der Waals surface area contributed by atoms with Gasteiger partial charge in [0.05, 0.1) is 12.2 Å². The van der Waals surface area contributed by atoms with E-state index in [1.54, 1.807) is 12.3 Å². The number of rotatable bonds is 5. The molecule has 1 amide bonds. The fourth-order valence-corrected chi connectivity index (χ4v) is 1.37. The van der Waals surface area contributed by atoms with Crippen LogP contribution in [0.2, 0.25) is 0 Å². The van der Waals surface area contributed by atoms with Crippen molar-refractivity contribution in [2.45, 2.75) is 26.8 Å². The van der Waals surface area contributed by atoms with E-state index >= 15 is 0 Å². The maximum atomic E-state index is 11.8. The first-order chi connectivity index (χ1) is 7.56. The summed E-state index contributed by atoms with van der Waals surface area (Å²) >= 11 is 0. The van der Waals surface area contributed by atoms with E-state index in [1.807, 2.05) is 32.0 Å². The van der Waals surface area contributed by atoms with E-state index in [1.165, 1.54) is 0 Å². The van der Waals surface area contributed by atoms with E-state index in [4.69, 9.17) is 0 Å². The first kappa shape index (κ1) is 12.4. The predicted octanol–water partition coefficient (Wildman–Crippen LogP) is 2.30. The average Bonchev–Trinajstić information content (AvgIpc) is 2.27. The minimum atomic E-state index is -0.406. The van der Waals surface area contributed by atoms with Gasteiger partial charge in [0, 0.05) is 11.6 Å². The number of nitrogens with one attached hydrogen (secondary N) is 1. The minimum Gasteiger partial charge on any atom is -0.350 e. The van der Waals surface area contributed by atoms with E-state index in [9.17, 15) is 4.79 Å². The van der Waals surface area contributed by atoms with E-state index in [2.05, 4.69) is 16.9 Å². The SMILES string of the molecule is C=CCC(C)(C)C(=O)NCc1ccccn1. The van der Waals surface area contributed by atoms with Crippen LogP contribution in [0.15, 0.2) is 37.1 Å². The summed E-state index contributed by atoms with van der Waals surface area (Å²) in [7, 11) is 0. The highest BCUT2D eigenvalue weighted by Crippen LogP contribution is 2.20. The number of allylic oxidation sites excluding steroid dienone is 1. The van der Waals surface area contributed by atoms with Gasteiger partial charge in [-0.05, 0) is 18.6 Å². The molecule has 0 aromatic carbocycles. The fourth-order valence-electron chi connectivity index (χ4n) is 1.37. The monoisotopic (exact) mass is 218 g/mol. The molecule has 16 heavy (non-hydrogen) atoms. The second-order valence-electron chi connectivity index (χ2n) is 4.38. The van der Waals surface area contributed by atoms with Crippen LogP contribution in [0.5, 0.6) is 0 Å². The van der Waals surface area contributed by atoms with E-state index in [-0.39, 0.29) is 5.91 Å². The maximum absolute atomic E-state index is 11.8. The molecule has 1 heterocycles. The van der Waals surface area contributed by atoms with Crippen LogP contribution in [0.25, 0.3) is 0 Å². The number of carbonyl (C=O) groups is 1. The highest BCUT2D eigenvalue weighted by molar-refractivity contribution is 5.81. The van der Waals surface area contributed by atoms with Crippen LogP contribution in [0.4, 0.5) is 0 Å². The van der Waals surface area contributed by atoms with Crippen molar-refractivity contribution >= 4 is 5.91 Å². The van der Waals surface area contributed by atoms with Crippen LogP contribution < -0.4 is 5.32 Å². The Morgan fingerprint density at radius 3 is 2.88 bits per heavy atom. The summed E-state index contributed by atoms with van der Waals surface area (Å²) < 4.78 is 0. The Balaban J connectivity index is 2.50. The molecule has 0 aliphatic rings. The molecular weight excluding hydrogens is 200 g/mol. The van der Waals surface area contributed by atoms with Crippen LogP contribution >= 0.6 is 0 Å². The molecule has 0 aliphatic heterocycles. The number of hydrogen-bond acceptors (Lipinski definition) is 2. The third-order valence-corrected chi connectivity index (χ3v) is 2.43. The van der Waals surface area contributed by atoms with Crippen LogP contribution in [0, 0.1) is 5.41 Å².